The Hall–Kier alpha value is -4.07. The van der Waals surface area contributed by atoms with Gasteiger partial charge in [-0.1, -0.05) is 18.1 Å². The van der Waals surface area contributed by atoms with Crippen LogP contribution < -0.4 is 15.0 Å². The molecule has 0 radical (unpaired) electrons. The Bertz CT molecular complexity index is 1960. The summed E-state index contributed by atoms with van der Waals surface area (Å²) < 4.78 is 52.6. The average Bonchev–Trinajstić information content (AvgIpc) is 3.48. The molecule has 5 aliphatic rings. The number of alkyl halides is 1. The Morgan fingerprint density at radius 2 is 1.83 bits per heavy atom. The third-order valence-electron chi connectivity index (χ3n) is 11.4. The SMILES string of the molecule is C#Cc1c(F)ccc2cc(O)cc(-c3ccc4c(N5CC6CCC(C5)N6)nc(OCC5(CN6C7CCC6C(F)C7)CC5)nc4c3F)c12. The van der Waals surface area contributed by atoms with Gasteiger partial charge in [-0.3, -0.25) is 4.90 Å². The van der Waals surface area contributed by atoms with Crippen LogP contribution in [0.4, 0.5) is 19.0 Å². The summed E-state index contributed by atoms with van der Waals surface area (Å²) in [6, 6.07) is 10.2. The van der Waals surface area contributed by atoms with Crippen molar-refractivity contribution in [3.63, 3.8) is 0 Å². The third kappa shape index (κ3) is 4.81. The fraction of sp³-hybridized carbons (Fsp3) is 0.459. The Balaban J connectivity index is 1.12. The van der Waals surface area contributed by atoms with Gasteiger partial charge in [-0.2, -0.15) is 9.97 Å². The van der Waals surface area contributed by atoms with E-state index in [1.54, 1.807) is 12.1 Å². The van der Waals surface area contributed by atoms with Crippen LogP contribution in [0.25, 0.3) is 32.8 Å². The molecule has 4 aromatic rings. The van der Waals surface area contributed by atoms with Gasteiger partial charge in [0.1, 0.15) is 29.1 Å². The highest BCUT2D eigenvalue weighted by atomic mass is 19.1. The van der Waals surface area contributed by atoms with E-state index in [0.29, 0.717) is 53.1 Å². The number of phenols is 1. The number of fused-ring (bicyclic) bond motifs is 6. The summed E-state index contributed by atoms with van der Waals surface area (Å²) in [5.74, 6) is 1.71. The van der Waals surface area contributed by atoms with Gasteiger partial charge < -0.3 is 20.1 Å². The second kappa shape index (κ2) is 10.7. The summed E-state index contributed by atoms with van der Waals surface area (Å²) in [6.45, 7) is 2.64. The van der Waals surface area contributed by atoms with Crippen LogP contribution in [0, 0.1) is 29.4 Å². The summed E-state index contributed by atoms with van der Waals surface area (Å²) in [4.78, 5) is 14.1. The Kier molecular flexibility index (Phi) is 6.64. The maximum atomic E-state index is 16.9. The number of benzene rings is 3. The predicted molar refractivity (Wildman–Crippen MR) is 174 cm³/mol. The van der Waals surface area contributed by atoms with E-state index in [1.165, 1.54) is 24.3 Å². The first kappa shape index (κ1) is 29.1. The minimum Gasteiger partial charge on any atom is -0.508 e. The number of hydrogen-bond acceptors (Lipinski definition) is 7. The van der Waals surface area contributed by atoms with Crippen molar-refractivity contribution in [3.8, 4) is 35.2 Å². The second-order valence-corrected chi connectivity index (χ2v) is 14.4. The molecule has 3 aromatic carbocycles. The van der Waals surface area contributed by atoms with Crippen molar-refractivity contribution in [3.05, 3.63) is 53.6 Å². The highest BCUT2D eigenvalue weighted by Crippen LogP contribution is 2.51. The van der Waals surface area contributed by atoms with Gasteiger partial charge in [0.15, 0.2) is 5.82 Å². The normalized spacial score (nSPS) is 27.5. The van der Waals surface area contributed by atoms with E-state index >= 15 is 4.39 Å². The van der Waals surface area contributed by atoms with E-state index in [0.717, 1.165) is 58.2 Å². The van der Waals surface area contributed by atoms with Crippen molar-refractivity contribution in [1.29, 1.82) is 0 Å². The lowest BCUT2D eigenvalue weighted by Crippen LogP contribution is -2.51. The van der Waals surface area contributed by atoms with E-state index < -0.39 is 17.8 Å². The number of rotatable bonds is 7. The number of ether oxygens (including phenoxy) is 1. The Morgan fingerprint density at radius 1 is 1.02 bits per heavy atom. The van der Waals surface area contributed by atoms with E-state index in [2.05, 4.69) is 26.0 Å². The first-order valence-electron chi connectivity index (χ1n) is 16.8. The van der Waals surface area contributed by atoms with Crippen LogP contribution in [-0.2, 0) is 0 Å². The van der Waals surface area contributed by atoms with Gasteiger partial charge in [0, 0.05) is 65.6 Å². The number of halogens is 3. The number of nitrogens with zero attached hydrogens (tertiary/aromatic N) is 4. The van der Waals surface area contributed by atoms with Crippen LogP contribution in [0.3, 0.4) is 0 Å². The number of nitrogens with one attached hydrogen (secondary N) is 1. The van der Waals surface area contributed by atoms with Crippen molar-refractivity contribution in [2.24, 2.45) is 5.41 Å². The number of aromatic nitrogens is 2. The monoisotopic (exact) mass is 639 g/mol. The number of piperazine rings is 1. The fourth-order valence-electron chi connectivity index (χ4n) is 8.79. The number of terminal acetylenes is 1. The lowest BCUT2D eigenvalue weighted by molar-refractivity contribution is 0.133. The van der Waals surface area contributed by atoms with Crippen molar-refractivity contribution < 1.29 is 23.0 Å². The average molecular weight is 640 g/mol. The minimum absolute atomic E-state index is 0.000870. The summed E-state index contributed by atoms with van der Waals surface area (Å²) in [6.07, 6.45) is 11.7. The Morgan fingerprint density at radius 3 is 2.53 bits per heavy atom. The quantitative estimate of drug-likeness (QED) is 0.237. The molecule has 1 aromatic heterocycles. The van der Waals surface area contributed by atoms with Gasteiger partial charge in [-0.05, 0) is 80.2 Å². The molecule has 0 spiro atoms. The second-order valence-electron chi connectivity index (χ2n) is 14.4. The van der Waals surface area contributed by atoms with Gasteiger partial charge in [-0.15, -0.1) is 6.42 Å². The molecule has 5 heterocycles. The first-order valence-corrected chi connectivity index (χ1v) is 16.8. The molecule has 242 valence electrons. The summed E-state index contributed by atoms with van der Waals surface area (Å²) in [5.41, 5.74) is 0.416. The fourth-order valence-corrected chi connectivity index (χ4v) is 8.79. The maximum Gasteiger partial charge on any atom is 0.319 e. The molecule has 1 saturated carbocycles. The molecule has 4 bridgehead atoms. The molecule has 5 atom stereocenters. The van der Waals surface area contributed by atoms with E-state index in [-0.39, 0.29) is 45.4 Å². The molecule has 1 aliphatic carbocycles. The lowest BCUT2D eigenvalue weighted by Gasteiger charge is -2.34. The van der Waals surface area contributed by atoms with Crippen molar-refractivity contribution in [2.75, 3.05) is 31.1 Å². The molecule has 10 heteroatoms. The summed E-state index contributed by atoms with van der Waals surface area (Å²) >= 11 is 0. The molecule has 4 saturated heterocycles. The van der Waals surface area contributed by atoms with Crippen molar-refractivity contribution in [2.45, 2.75) is 75.3 Å². The van der Waals surface area contributed by atoms with E-state index in [4.69, 9.17) is 16.1 Å². The maximum absolute atomic E-state index is 16.9. The largest absolute Gasteiger partial charge is 0.508 e. The zero-order valence-corrected chi connectivity index (χ0v) is 26.0. The van der Waals surface area contributed by atoms with Crippen LogP contribution in [0.5, 0.6) is 11.8 Å². The zero-order chi connectivity index (χ0) is 32.0. The van der Waals surface area contributed by atoms with Crippen molar-refractivity contribution in [1.82, 2.24) is 20.2 Å². The lowest BCUT2D eigenvalue weighted by atomic mass is 9.93. The van der Waals surface area contributed by atoms with Gasteiger partial charge in [0.2, 0.25) is 0 Å². The predicted octanol–water partition coefficient (Wildman–Crippen LogP) is 6.09. The van der Waals surface area contributed by atoms with Gasteiger partial charge in [-0.25, -0.2) is 13.2 Å². The molecule has 4 aliphatic heterocycles. The van der Waals surface area contributed by atoms with Crippen LogP contribution in [0.15, 0.2) is 36.4 Å². The highest BCUT2D eigenvalue weighted by Gasteiger charge is 2.53. The highest BCUT2D eigenvalue weighted by molar-refractivity contribution is 6.04. The number of hydrogen-bond donors (Lipinski definition) is 2. The molecule has 7 nitrogen and oxygen atoms in total. The first-order chi connectivity index (χ1) is 22.8. The van der Waals surface area contributed by atoms with Gasteiger partial charge >= 0.3 is 6.01 Å². The van der Waals surface area contributed by atoms with E-state index in [9.17, 15) is 13.9 Å². The smallest absolute Gasteiger partial charge is 0.319 e. The number of anilines is 1. The molecule has 47 heavy (non-hydrogen) atoms. The van der Waals surface area contributed by atoms with Gasteiger partial charge in [0.05, 0.1) is 12.2 Å². The number of phenolic OH excluding ortho intramolecular Hbond substituents is 1. The summed E-state index contributed by atoms with van der Waals surface area (Å²) in [5, 5.41) is 15.6. The zero-order valence-electron chi connectivity index (χ0n) is 26.0. The molecule has 5 fully saturated rings. The van der Waals surface area contributed by atoms with Crippen LogP contribution in [-0.4, -0.2) is 76.6 Å². The van der Waals surface area contributed by atoms with Gasteiger partial charge in [0.25, 0.3) is 0 Å². The topological polar surface area (TPSA) is 73.8 Å². The minimum atomic E-state index is -0.750. The van der Waals surface area contributed by atoms with Crippen LogP contribution >= 0.6 is 0 Å². The van der Waals surface area contributed by atoms with E-state index in [1.807, 2.05) is 0 Å². The Labute approximate surface area is 271 Å². The molecular formula is C37H36F3N5O2. The summed E-state index contributed by atoms with van der Waals surface area (Å²) in [7, 11) is 0. The molecule has 5 unspecified atom stereocenters. The standard InChI is InChI=1S/C37H36F3N5O2/c1-2-25-29(38)9-3-20-13-24(46)15-28(32(20)25)26-7-8-27-34(33(26)40)42-36(43-35(27)44-16-21-4-5-22(17-44)41-21)47-19-37(11-12-37)18-45-23-6-10-31(45)30(39)14-23/h1,3,7-9,13,15,21-23,30-31,41,46H,4-6,10-12,14,16-19H2. The molecule has 2 N–H and O–H groups in total. The van der Waals surface area contributed by atoms with Crippen LogP contribution in [0.2, 0.25) is 0 Å². The third-order valence-corrected chi connectivity index (χ3v) is 11.4. The molecule has 0 amide bonds. The molecular weight excluding hydrogens is 603 g/mol. The molecule has 9 rings (SSSR count). The van der Waals surface area contributed by atoms with Crippen LogP contribution in [0.1, 0.15) is 50.5 Å². The number of aromatic hydroxyl groups is 1. The van der Waals surface area contributed by atoms with Crippen molar-refractivity contribution >= 4 is 27.5 Å².